The molecule has 0 aliphatic heterocycles. The number of rotatable bonds is 7. The molecule has 0 saturated carbocycles. The molecule has 0 heterocycles. The van der Waals surface area contributed by atoms with E-state index in [0.717, 1.165) is 36.2 Å². The lowest BCUT2D eigenvalue weighted by atomic mass is 10.1. The molecule has 0 bridgehead atoms. The van der Waals surface area contributed by atoms with Crippen LogP contribution in [0, 0.1) is 20.8 Å². The van der Waals surface area contributed by atoms with Crippen molar-refractivity contribution >= 4 is 11.6 Å². The highest BCUT2D eigenvalue weighted by Crippen LogP contribution is 2.21. The van der Waals surface area contributed by atoms with Gasteiger partial charge in [-0.25, -0.2) is 0 Å². The molecule has 3 heteroatoms. The smallest absolute Gasteiger partial charge is 0.238 e. The minimum Gasteiger partial charge on any atom is -0.324 e. The van der Waals surface area contributed by atoms with Gasteiger partial charge in [0, 0.05) is 5.69 Å². The van der Waals surface area contributed by atoms with Crippen LogP contribution in [0.2, 0.25) is 0 Å². The van der Waals surface area contributed by atoms with Crippen molar-refractivity contribution in [2.24, 2.45) is 0 Å². The third kappa shape index (κ3) is 5.53. The first kappa shape index (κ1) is 17.2. The number of carbonyl (C=O) groups is 1. The van der Waals surface area contributed by atoms with Gasteiger partial charge in [-0.05, 0) is 56.8 Å². The molecular weight excluding hydrogens is 284 g/mol. The van der Waals surface area contributed by atoms with E-state index in [-0.39, 0.29) is 5.91 Å². The Morgan fingerprint density at radius 1 is 1.00 bits per heavy atom. The summed E-state index contributed by atoms with van der Waals surface area (Å²) in [5.74, 6) is 0.0137. The summed E-state index contributed by atoms with van der Waals surface area (Å²) >= 11 is 0. The van der Waals surface area contributed by atoms with E-state index < -0.39 is 0 Å². The van der Waals surface area contributed by atoms with E-state index in [0.29, 0.717) is 6.54 Å². The quantitative estimate of drug-likeness (QED) is 0.764. The van der Waals surface area contributed by atoms with Crippen molar-refractivity contribution in [3.8, 4) is 0 Å². The average Bonchev–Trinajstić information content (AvgIpc) is 2.51. The number of amides is 1. The van der Waals surface area contributed by atoms with Crippen molar-refractivity contribution in [2.75, 3.05) is 18.4 Å². The number of nitrogens with one attached hydrogen (secondary N) is 2. The van der Waals surface area contributed by atoms with Crippen molar-refractivity contribution in [3.05, 3.63) is 64.7 Å². The van der Waals surface area contributed by atoms with E-state index in [2.05, 4.69) is 54.0 Å². The van der Waals surface area contributed by atoms with Gasteiger partial charge in [-0.3, -0.25) is 4.79 Å². The predicted octanol–water partition coefficient (Wildman–Crippen LogP) is 3.77. The summed E-state index contributed by atoms with van der Waals surface area (Å²) in [4.78, 5) is 12.1. The summed E-state index contributed by atoms with van der Waals surface area (Å²) in [6, 6.07) is 14.6. The SMILES string of the molecule is Cc1cc(C)c(NC(=O)CNCCCc2ccccc2)c(C)c1. The summed E-state index contributed by atoms with van der Waals surface area (Å²) in [7, 11) is 0. The van der Waals surface area contributed by atoms with Gasteiger partial charge in [-0.1, -0.05) is 48.0 Å². The van der Waals surface area contributed by atoms with E-state index in [4.69, 9.17) is 0 Å². The molecule has 23 heavy (non-hydrogen) atoms. The number of aryl methyl sites for hydroxylation is 4. The van der Waals surface area contributed by atoms with Gasteiger partial charge in [0.25, 0.3) is 0 Å². The van der Waals surface area contributed by atoms with Crippen LogP contribution in [0.1, 0.15) is 28.7 Å². The van der Waals surface area contributed by atoms with Crippen molar-refractivity contribution in [1.29, 1.82) is 0 Å². The van der Waals surface area contributed by atoms with Gasteiger partial charge in [-0.15, -0.1) is 0 Å². The number of carbonyl (C=O) groups excluding carboxylic acids is 1. The Bertz CT molecular complexity index is 627. The molecule has 0 spiro atoms. The van der Waals surface area contributed by atoms with E-state index >= 15 is 0 Å². The van der Waals surface area contributed by atoms with E-state index in [1.807, 2.05) is 19.9 Å². The maximum absolute atomic E-state index is 12.1. The average molecular weight is 310 g/mol. The third-order valence-electron chi connectivity index (χ3n) is 3.89. The van der Waals surface area contributed by atoms with E-state index in [1.54, 1.807) is 0 Å². The van der Waals surface area contributed by atoms with Crippen molar-refractivity contribution in [1.82, 2.24) is 5.32 Å². The lowest BCUT2D eigenvalue weighted by Crippen LogP contribution is -2.29. The minimum atomic E-state index is 0.0137. The Hall–Kier alpha value is -2.13. The maximum Gasteiger partial charge on any atom is 0.238 e. The lowest BCUT2D eigenvalue weighted by molar-refractivity contribution is -0.115. The van der Waals surface area contributed by atoms with Crippen molar-refractivity contribution in [3.63, 3.8) is 0 Å². The normalized spacial score (nSPS) is 10.6. The second-order valence-electron chi connectivity index (χ2n) is 6.09. The summed E-state index contributed by atoms with van der Waals surface area (Å²) in [5, 5.41) is 6.23. The number of anilines is 1. The maximum atomic E-state index is 12.1. The molecule has 0 aliphatic carbocycles. The fourth-order valence-electron chi connectivity index (χ4n) is 2.82. The molecule has 1 amide bonds. The Morgan fingerprint density at radius 3 is 2.30 bits per heavy atom. The zero-order valence-electron chi connectivity index (χ0n) is 14.3. The van der Waals surface area contributed by atoms with Crippen LogP contribution in [0.3, 0.4) is 0 Å². The Labute approximate surface area is 139 Å². The van der Waals surface area contributed by atoms with Crippen LogP contribution in [0.15, 0.2) is 42.5 Å². The molecule has 122 valence electrons. The lowest BCUT2D eigenvalue weighted by Gasteiger charge is -2.13. The Morgan fingerprint density at radius 2 is 1.65 bits per heavy atom. The van der Waals surface area contributed by atoms with Crippen LogP contribution in [0.4, 0.5) is 5.69 Å². The van der Waals surface area contributed by atoms with Crippen molar-refractivity contribution in [2.45, 2.75) is 33.6 Å². The van der Waals surface area contributed by atoms with Gasteiger partial charge in [-0.2, -0.15) is 0 Å². The highest BCUT2D eigenvalue weighted by atomic mass is 16.1. The van der Waals surface area contributed by atoms with Gasteiger partial charge in [0.1, 0.15) is 0 Å². The second kappa shape index (κ2) is 8.49. The van der Waals surface area contributed by atoms with Gasteiger partial charge < -0.3 is 10.6 Å². The molecule has 2 rings (SSSR count). The second-order valence-corrected chi connectivity index (χ2v) is 6.09. The molecule has 2 N–H and O–H groups in total. The summed E-state index contributed by atoms with van der Waals surface area (Å²) in [6.45, 7) is 7.32. The molecular formula is C20H26N2O. The monoisotopic (exact) mass is 310 g/mol. The van der Waals surface area contributed by atoms with Crippen LogP contribution >= 0.6 is 0 Å². The zero-order valence-corrected chi connectivity index (χ0v) is 14.3. The highest BCUT2D eigenvalue weighted by Gasteiger charge is 2.07. The zero-order chi connectivity index (χ0) is 16.7. The summed E-state index contributed by atoms with van der Waals surface area (Å²) in [6.07, 6.45) is 2.06. The van der Waals surface area contributed by atoms with Gasteiger partial charge in [0.05, 0.1) is 6.54 Å². The molecule has 0 atom stereocenters. The van der Waals surface area contributed by atoms with Crippen molar-refractivity contribution < 1.29 is 4.79 Å². The van der Waals surface area contributed by atoms with Crippen LogP contribution < -0.4 is 10.6 Å². The molecule has 0 aliphatic rings. The van der Waals surface area contributed by atoms with E-state index in [9.17, 15) is 4.79 Å². The summed E-state index contributed by atoms with van der Waals surface area (Å²) < 4.78 is 0. The Balaban J connectivity index is 1.71. The highest BCUT2D eigenvalue weighted by molar-refractivity contribution is 5.93. The molecule has 0 aromatic heterocycles. The largest absolute Gasteiger partial charge is 0.324 e. The van der Waals surface area contributed by atoms with Gasteiger partial charge in [0.2, 0.25) is 5.91 Å². The molecule has 3 nitrogen and oxygen atoms in total. The first-order valence-corrected chi connectivity index (χ1v) is 8.18. The van der Waals surface area contributed by atoms with Crippen LogP contribution in [-0.2, 0) is 11.2 Å². The molecule has 0 radical (unpaired) electrons. The van der Waals surface area contributed by atoms with Gasteiger partial charge >= 0.3 is 0 Å². The van der Waals surface area contributed by atoms with Crippen LogP contribution in [-0.4, -0.2) is 19.0 Å². The summed E-state index contributed by atoms with van der Waals surface area (Å²) in [5.41, 5.74) is 5.72. The first-order valence-electron chi connectivity index (χ1n) is 8.18. The predicted molar refractivity (Wildman–Crippen MR) is 96.9 cm³/mol. The third-order valence-corrected chi connectivity index (χ3v) is 3.89. The minimum absolute atomic E-state index is 0.0137. The molecule has 0 saturated heterocycles. The van der Waals surface area contributed by atoms with E-state index in [1.165, 1.54) is 11.1 Å². The topological polar surface area (TPSA) is 41.1 Å². The molecule has 2 aromatic rings. The number of hydrogen-bond donors (Lipinski definition) is 2. The van der Waals surface area contributed by atoms with Crippen LogP contribution in [0.25, 0.3) is 0 Å². The molecule has 0 fully saturated rings. The first-order chi connectivity index (χ1) is 11.1. The number of hydrogen-bond acceptors (Lipinski definition) is 2. The molecule has 0 unspecified atom stereocenters. The van der Waals surface area contributed by atoms with Crippen LogP contribution in [0.5, 0.6) is 0 Å². The standard InChI is InChI=1S/C20H26N2O/c1-15-12-16(2)20(17(3)13-15)22-19(23)14-21-11-7-10-18-8-5-4-6-9-18/h4-6,8-9,12-13,21H,7,10-11,14H2,1-3H3,(H,22,23). The fourth-order valence-corrected chi connectivity index (χ4v) is 2.82. The molecule has 2 aromatic carbocycles. The number of benzene rings is 2. The fraction of sp³-hybridized carbons (Fsp3) is 0.350. The Kier molecular flexibility index (Phi) is 6.36. The van der Waals surface area contributed by atoms with Gasteiger partial charge in [0.15, 0.2) is 0 Å².